The molecule has 20 heavy (non-hydrogen) atoms. The molecule has 0 aliphatic rings. The Bertz CT molecular complexity index is 695. The highest BCUT2D eigenvalue weighted by Crippen LogP contribution is 2.22. The Hall–Kier alpha value is -1.83. The zero-order chi connectivity index (χ0) is 14.5. The Kier molecular flexibility index (Phi) is 4.78. The lowest BCUT2D eigenvalue weighted by atomic mass is 10.1. The average Bonchev–Trinajstić information content (AvgIpc) is 2.45. The van der Waals surface area contributed by atoms with E-state index >= 15 is 0 Å². The highest BCUT2D eigenvalue weighted by atomic mass is 79.9. The van der Waals surface area contributed by atoms with Gasteiger partial charge in [-0.1, -0.05) is 45.7 Å². The molecule has 0 aliphatic carbocycles. The predicted octanol–water partition coefficient (Wildman–Crippen LogP) is 4.24. The summed E-state index contributed by atoms with van der Waals surface area (Å²) in [4.78, 5) is 12.0. The lowest BCUT2D eigenvalue weighted by Crippen LogP contribution is -2.12. The maximum atomic E-state index is 12.0. The van der Waals surface area contributed by atoms with Gasteiger partial charge in [-0.15, -0.1) is 0 Å². The van der Waals surface area contributed by atoms with E-state index < -0.39 is 0 Å². The van der Waals surface area contributed by atoms with Crippen LogP contribution in [-0.4, -0.2) is 12.4 Å². The van der Waals surface area contributed by atoms with Crippen molar-refractivity contribution in [3.63, 3.8) is 0 Å². The molecule has 3 nitrogen and oxygen atoms in total. The number of ketones is 1. The van der Waals surface area contributed by atoms with E-state index in [9.17, 15) is 4.79 Å². The molecule has 5 heteroatoms. The van der Waals surface area contributed by atoms with Gasteiger partial charge < -0.3 is 4.74 Å². The zero-order valence-corrected chi connectivity index (χ0v) is 12.6. The van der Waals surface area contributed by atoms with Gasteiger partial charge in [-0.2, -0.15) is 5.26 Å². The molecule has 0 spiro atoms. The number of Topliss-reactive ketones (excluding diaryl/α,β-unsaturated/α-hetero) is 1. The SMILES string of the molecule is N#Cc1ccc(OCC(=O)c2ccccc2Br)cc1Cl. The van der Waals surface area contributed by atoms with Gasteiger partial charge in [0.15, 0.2) is 6.61 Å². The Morgan fingerprint density at radius 1 is 1.30 bits per heavy atom. The summed E-state index contributed by atoms with van der Waals surface area (Å²) in [5.41, 5.74) is 0.934. The summed E-state index contributed by atoms with van der Waals surface area (Å²) in [7, 11) is 0. The van der Waals surface area contributed by atoms with Crippen LogP contribution in [0.2, 0.25) is 5.02 Å². The minimum absolute atomic E-state index is 0.0924. The van der Waals surface area contributed by atoms with E-state index in [0.29, 0.717) is 21.9 Å². The normalized spacial score (nSPS) is 9.85. The van der Waals surface area contributed by atoms with E-state index in [-0.39, 0.29) is 12.4 Å². The van der Waals surface area contributed by atoms with Crippen LogP contribution in [0, 0.1) is 11.3 Å². The summed E-state index contributed by atoms with van der Waals surface area (Å²) < 4.78 is 6.12. The summed E-state index contributed by atoms with van der Waals surface area (Å²) in [5, 5.41) is 9.08. The summed E-state index contributed by atoms with van der Waals surface area (Å²) >= 11 is 9.21. The van der Waals surface area contributed by atoms with Crippen LogP contribution >= 0.6 is 27.5 Å². The van der Waals surface area contributed by atoms with E-state index in [1.54, 1.807) is 30.3 Å². The molecule has 0 aliphatic heterocycles. The fourth-order valence-corrected chi connectivity index (χ4v) is 2.31. The Balaban J connectivity index is 2.06. The second kappa shape index (κ2) is 6.56. The molecule has 0 bridgehead atoms. The van der Waals surface area contributed by atoms with Crippen molar-refractivity contribution in [1.29, 1.82) is 5.26 Å². The minimum atomic E-state index is -0.141. The maximum Gasteiger partial charge on any atom is 0.201 e. The van der Waals surface area contributed by atoms with Gasteiger partial charge in [0.2, 0.25) is 5.78 Å². The lowest BCUT2D eigenvalue weighted by molar-refractivity contribution is 0.0921. The molecular formula is C15H9BrClNO2. The smallest absolute Gasteiger partial charge is 0.201 e. The highest BCUT2D eigenvalue weighted by molar-refractivity contribution is 9.10. The van der Waals surface area contributed by atoms with Gasteiger partial charge >= 0.3 is 0 Å². The van der Waals surface area contributed by atoms with Crippen LogP contribution in [0.15, 0.2) is 46.9 Å². The first-order valence-corrected chi connectivity index (χ1v) is 6.89. The van der Waals surface area contributed by atoms with Gasteiger partial charge in [0.1, 0.15) is 11.8 Å². The van der Waals surface area contributed by atoms with Crippen molar-refractivity contribution in [2.45, 2.75) is 0 Å². The molecule has 100 valence electrons. The molecular weight excluding hydrogens is 342 g/mol. The van der Waals surface area contributed by atoms with E-state index in [1.807, 2.05) is 12.1 Å². The van der Waals surface area contributed by atoms with Crippen molar-refractivity contribution in [1.82, 2.24) is 0 Å². The summed E-state index contributed by atoms with van der Waals surface area (Å²) in [5.74, 6) is 0.312. The summed E-state index contributed by atoms with van der Waals surface area (Å²) in [6, 6.07) is 13.8. The Morgan fingerprint density at radius 3 is 2.70 bits per heavy atom. The number of carbonyl (C=O) groups is 1. The number of benzene rings is 2. The number of hydrogen-bond donors (Lipinski definition) is 0. The van der Waals surface area contributed by atoms with Crippen LogP contribution < -0.4 is 4.74 Å². The summed E-state index contributed by atoms with van der Waals surface area (Å²) in [6.07, 6.45) is 0. The third-order valence-corrected chi connectivity index (χ3v) is 3.61. The first-order valence-electron chi connectivity index (χ1n) is 5.72. The predicted molar refractivity (Wildman–Crippen MR) is 80.1 cm³/mol. The number of nitriles is 1. The van der Waals surface area contributed by atoms with E-state index in [1.165, 1.54) is 6.07 Å². The average molecular weight is 351 g/mol. The van der Waals surface area contributed by atoms with E-state index in [2.05, 4.69) is 15.9 Å². The lowest BCUT2D eigenvalue weighted by Gasteiger charge is -2.07. The van der Waals surface area contributed by atoms with Gasteiger partial charge in [0.05, 0.1) is 10.6 Å². The molecule has 2 rings (SSSR count). The number of carbonyl (C=O) groups excluding carboxylic acids is 1. The fraction of sp³-hybridized carbons (Fsp3) is 0.0667. The summed E-state index contributed by atoms with van der Waals surface area (Å²) in [6.45, 7) is -0.0924. The second-order valence-corrected chi connectivity index (χ2v) is 5.21. The zero-order valence-electron chi connectivity index (χ0n) is 10.3. The molecule has 0 radical (unpaired) electrons. The van der Waals surface area contributed by atoms with Crippen molar-refractivity contribution in [3.05, 3.63) is 63.1 Å². The van der Waals surface area contributed by atoms with Gasteiger partial charge in [0, 0.05) is 16.1 Å². The van der Waals surface area contributed by atoms with Crippen LogP contribution in [0.3, 0.4) is 0 Å². The largest absolute Gasteiger partial charge is 0.485 e. The number of nitrogens with zero attached hydrogens (tertiary/aromatic N) is 1. The maximum absolute atomic E-state index is 12.0. The Labute approximate surface area is 129 Å². The molecule has 0 fully saturated rings. The molecule has 0 atom stereocenters. The number of ether oxygens (including phenoxy) is 1. The second-order valence-electron chi connectivity index (χ2n) is 3.95. The van der Waals surface area contributed by atoms with Gasteiger partial charge in [-0.3, -0.25) is 4.79 Å². The van der Waals surface area contributed by atoms with Crippen LogP contribution in [0.4, 0.5) is 0 Å². The molecule has 0 saturated heterocycles. The topological polar surface area (TPSA) is 50.1 Å². The molecule has 2 aromatic rings. The third-order valence-electron chi connectivity index (χ3n) is 2.61. The first kappa shape index (κ1) is 14.6. The van der Waals surface area contributed by atoms with Crippen molar-refractivity contribution < 1.29 is 9.53 Å². The van der Waals surface area contributed by atoms with E-state index in [4.69, 9.17) is 21.6 Å². The first-order chi connectivity index (χ1) is 9.61. The van der Waals surface area contributed by atoms with Crippen molar-refractivity contribution in [2.75, 3.05) is 6.61 Å². The van der Waals surface area contributed by atoms with Crippen molar-refractivity contribution in [2.24, 2.45) is 0 Å². The molecule has 0 N–H and O–H groups in total. The number of rotatable bonds is 4. The molecule has 0 amide bonds. The molecule has 0 aromatic heterocycles. The van der Waals surface area contributed by atoms with Crippen LogP contribution in [0.5, 0.6) is 5.75 Å². The van der Waals surface area contributed by atoms with Crippen LogP contribution in [-0.2, 0) is 0 Å². The Morgan fingerprint density at radius 2 is 2.05 bits per heavy atom. The minimum Gasteiger partial charge on any atom is -0.485 e. The number of hydrogen-bond acceptors (Lipinski definition) is 3. The van der Waals surface area contributed by atoms with Gasteiger partial charge in [-0.05, 0) is 18.2 Å². The number of halogens is 2. The molecule has 0 unspecified atom stereocenters. The molecule has 0 saturated carbocycles. The third kappa shape index (κ3) is 3.38. The van der Waals surface area contributed by atoms with E-state index in [0.717, 1.165) is 4.47 Å². The highest BCUT2D eigenvalue weighted by Gasteiger charge is 2.10. The molecule has 0 heterocycles. The van der Waals surface area contributed by atoms with Crippen molar-refractivity contribution >= 4 is 33.3 Å². The molecule has 2 aromatic carbocycles. The van der Waals surface area contributed by atoms with Crippen LogP contribution in [0.25, 0.3) is 0 Å². The van der Waals surface area contributed by atoms with Crippen molar-refractivity contribution in [3.8, 4) is 11.8 Å². The standard InChI is InChI=1S/C15H9BrClNO2/c16-13-4-2-1-3-12(13)15(19)9-20-11-6-5-10(8-18)14(17)7-11/h1-7H,9H2. The van der Waals surface area contributed by atoms with Crippen LogP contribution in [0.1, 0.15) is 15.9 Å². The monoisotopic (exact) mass is 349 g/mol. The fourth-order valence-electron chi connectivity index (χ4n) is 1.59. The quantitative estimate of drug-likeness (QED) is 0.775. The van der Waals surface area contributed by atoms with Gasteiger partial charge in [-0.25, -0.2) is 0 Å². The van der Waals surface area contributed by atoms with Gasteiger partial charge in [0.25, 0.3) is 0 Å².